The fourth-order valence-corrected chi connectivity index (χ4v) is 3.42. The van der Waals surface area contributed by atoms with Crippen LogP contribution >= 0.6 is 0 Å². The molecule has 0 saturated carbocycles. The molecule has 1 fully saturated rings. The highest BCUT2D eigenvalue weighted by Crippen LogP contribution is 2.30. The Kier molecular flexibility index (Phi) is 7.33. The van der Waals surface area contributed by atoms with Gasteiger partial charge in [0.1, 0.15) is 12.4 Å². The third-order valence-electron chi connectivity index (χ3n) is 5.00. The van der Waals surface area contributed by atoms with Crippen LogP contribution in [-0.4, -0.2) is 53.7 Å². The number of halogens is 3. The second-order valence-corrected chi connectivity index (χ2v) is 7.26. The SMILES string of the molecule is O=C1CCN(Cc2ccc(OCCO)cc2)CCN1Cc1cccc(C(F)(F)F)c1. The summed E-state index contributed by atoms with van der Waals surface area (Å²) in [7, 11) is 0. The molecule has 0 bridgehead atoms. The molecule has 0 unspecified atom stereocenters. The van der Waals surface area contributed by atoms with Crippen LogP contribution in [0.3, 0.4) is 0 Å². The van der Waals surface area contributed by atoms with Crippen LogP contribution in [0.5, 0.6) is 5.75 Å². The summed E-state index contributed by atoms with van der Waals surface area (Å²) in [6.07, 6.45) is -4.06. The van der Waals surface area contributed by atoms with Crippen molar-refractivity contribution in [2.75, 3.05) is 32.8 Å². The predicted octanol–water partition coefficient (Wildman–Crippen LogP) is 3.31. The molecule has 30 heavy (non-hydrogen) atoms. The van der Waals surface area contributed by atoms with Gasteiger partial charge in [0, 0.05) is 39.1 Å². The monoisotopic (exact) mass is 422 g/mol. The molecule has 0 radical (unpaired) electrons. The van der Waals surface area contributed by atoms with Crippen LogP contribution in [-0.2, 0) is 24.1 Å². The smallest absolute Gasteiger partial charge is 0.416 e. The van der Waals surface area contributed by atoms with Crippen molar-refractivity contribution in [2.45, 2.75) is 25.7 Å². The van der Waals surface area contributed by atoms with Crippen LogP contribution < -0.4 is 4.74 Å². The Labute approximate surface area is 173 Å². The van der Waals surface area contributed by atoms with Crippen LogP contribution in [0.4, 0.5) is 13.2 Å². The highest BCUT2D eigenvalue weighted by Gasteiger charge is 2.30. The molecule has 1 aliphatic heterocycles. The second kappa shape index (κ2) is 9.95. The maximum Gasteiger partial charge on any atom is 0.416 e. The van der Waals surface area contributed by atoms with Crippen molar-refractivity contribution in [1.29, 1.82) is 0 Å². The lowest BCUT2D eigenvalue weighted by Crippen LogP contribution is -2.32. The summed E-state index contributed by atoms with van der Waals surface area (Å²) < 4.78 is 44.1. The molecular weight excluding hydrogens is 397 g/mol. The van der Waals surface area contributed by atoms with Crippen LogP contribution in [0.15, 0.2) is 48.5 Å². The predicted molar refractivity (Wildman–Crippen MR) is 106 cm³/mol. The average Bonchev–Trinajstić information content (AvgIpc) is 2.89. The van der Waals surface area contributed by atoms with E-state index >= 15 is 0 Å². The van der Waals surface area contributed by atoms with Crippen LogP contribution in [0.1, 0.15) is 23.1 Å². The Morgan fingerprint density at radius 1 is 0.967 bits per heavy atom. The van der Waals surface area contributed by atoms with Gasteiger partial charge in [-0.3, -0.25) is 9.69 Å². The molecule has 162 valence electrons. The van der Waals surface area contributed by atoms with Gasteiger partial charge in [0.25, 0.3) is 0 Å². The molecule has 0 spiro atoms. The Balaban J connectivity index is 1.57. The topological polar surface area (TPSA) is 53.0 Å². The van der Waals surface area contributed by atoms with Crippen molar-refractivity contribution in [2.24, 2.45) is 0 Å². The van der Waals surface area contributed by atoms with E-state index in [1.807, 2.05) is 24.3 Å². The van der Waals surface area contributed by atoms with Crippen molar-refractivity contribution < 1.29 is 27.8 Å². The summed E-state index contributed by atoms with van der Waals surface area (Å²) in [5, 5.41) is 8.80. The van der Waals surface area contributed by atoms with Crippen molar-refractivity contribution in [3.63, 3.8) is 0 Å². The van der Waals surface area contributed by atoms with Gasteiger partial charge in [-0.05, 0) is 35.4 Å². The number of alkyl halides is 3. The quantitative estimate of drug-likeness (QED) is 0.744. The molecule has 2 aromatic carbocycles. The molecule has 0 aromatic heterocycles. The van der Waals surface area contributed by atoms with E-state index in [2.05, 4.69) is 4.90 Å². The summed E-state index contributed by atoms with van der Waals surface area (Å²) in [4.78, 5) is 16.3. The minimum atomic E-state index is -4.39. The minimum absolute atomic E-state index is 0.0411. The molecule has 0 atom stereocenters. The molecule has 1 N–H and O–H groups in total. The van der Waals surface area contributed by atoms with E-state index in [1.165, 1.54) is 6.07 Å². The Morgan fingerprint density at radius 3 is 2.43 bits per heavy atom. The number of benzene rings is 2. The van der Waals surface area contributed by atoms with Crippen LogP contribution in [0.2, 0.25) is 0 Å². The third kappa shape index (κ3) is 6.21. The number of aliphatic hydroxyl groups is 1. The number of carbonyl (C=O) groups excluding carboxylic acids is 1. The Bertz CT molecular complexity index is 840. The van der Waals surface area contributed by atoms with Gasteiger partial charge in [-0.15, -0.1) is 0 Å². The normalized spacial score (nSPS) is 15.9. The summed E-state index contributed by atoms with van der Waals surface area (Å²) in [6, 6.07) is 12.7. The van der Waals surface area contributed by atoms with E-state index in [-0.39, 0.29) is 25.7 Å². The first-order valence-corrected chi connectivity index (χ1v) is 9.84. The first-order valence-electron chi connectivity index (χ1n) is 9.84. The van der Waals surface area contributed by atoms with Crippen LogP contribution in [0, 0.1) is 0 Å². The highest BCUT2D eigenvalue weighted by molar-refractivity contribution is 5.76. The molecule has 3 rings (SSSR count). The number of carbonyl (C=O) groups is 1. The van der Waals surface area contributed by atoms with E-state index in [0.29, 0.717) is 43.9 Å². The molecule has 1 amide bonds. The summed E-state index contributed by atoms with van der Waals surface area (Å²) in [5.74, 6) is 0.633. The van der Waals surface area contributed by atoms with Gasteiger partial charge >= 0.3 is 6.18 Å². The molecule has 1 heterocycles. The average molecular weight is 422 g/mol. The number of nitrogens with zero attached hydrogens (tertiary/aromatic N) is 2. The van der Waals surface area contributed by atoms with Crippen molar-refractivity contribution in [3.05, 3.63) is 65.2 Å². The lowest BCUT2D eigenvalue weighted by atomic mass is 10.1. The number of rotatable bonds is 7. The zero-order chi connectivity index (χ0) is 21.6. The zero-order valence-corrected chi connectivity index (χ0v) is 16.6. The van der Waals surface area contributed by atoms with E-state index in [9.17, 15) is 18.0 Å². The fraction of sp³-hybridized carbons (Fsp3) is 0.409. The largest absolute Gasteiger partial charge is 0.491 e. The number of amides is 1. The maximum absolute atomic E-state index is 12.9. The molecule has 1 saturated heterocycles. The van der Waals surface area contributed by atoms with Gasteiger partial charge in [0.15, 0.2) is 0 Å². The molecule has 0 aliphatic carbocycles. The Hall–Kier alpha value is -2.58. The van der Waals surface area contributed by atoms with Gasteiger partial charge in [0.05, 0.1) is 12.2 Å². The number of hydrogen-bond acceptors (Lipinski definition) is 4. The van der Waals surface area contributed by atoms with Crippen molar-refractivity contribution in [3.8, 4) is 5.75 Å². The fourth-order valence-electron chi connectivity index (χ4n) is 3.42. The first kappa shape index (κ1) is 22.1. The van der Waals surface area contributed by atoms with Crippen molar-refractivity contribution in [1.82, 2.24) is 9.80 Å². The first-order chi connectivity index (χ1) is 14.3. The van der Waals surface area contributed by atoms with Crippen molar-refractivity contribution >= 4 is 5.91 Å². The summed E-state index contributed by atoms with van der Waals surface area (Å²) >= 11 is 0. The molecular formula is C22H25F3N2O3. The maximum atomic E-state index is 12.9. The number of aliphatic hydroxyl groups excluding tert-OH is 1. The lowest BCUT2D eigenvalue weighted by Gasteiger charge is -2.22. The molecule has 5 nitrogen and oxygen atoms in total. The molecule has 1 aliphatic rings. The van der Waals surface area contributed by atoms with E-state index in [1.54, 1.807) is 11.0 Å². The lowest BCUT2D eigenvalue weighted by molar-refractivity contribution is -0.137. The molecule has 8 heteroatoms. The summed E-state index contributed by atoms with van der Waals surface area (Å²) in [6.45, 7) is 2.76. The van der Waals surface area contributed by atoms with Crippen LogP contribution in [0.25, 0.3) is 0 Å². The standard InChI is InChI=1S/C22H25F3N2O3/c23-22(24,25)19-3-1-2-18(14-19)16-27-11-10-26(9-8-21(27)29)15-17-4-6-20(7-5-17)30-13-12-28/h1-7,14,28H,8-13,15-16H2. The van der Waals surface area contributed by atoms with E-state index in [4.69, 9.17) is 9.84 Å². The minimum Gasteiger partial charge on any atom is -0.491 e. The van der Waals surface area contributed by atoms with Gasteiger partial charge in [-0.1, -0.05) is 24.3 Å². The number of hydrogen-bond donors (Lipinski definition) is 1. The van der Waals surface area contributed by atoms with E-state index in [0.717, 1.165) is 17.7 Å². The zero-order valence-electron chi connectivity index (χ0n) is 16.6. The molecule has 2 aromatic rings. The van der Waals surface area contributed by atoms with Gasteiger partial charge in [-0.25, -0.2) is 0 Å². The Morgan fingerprint density at radius 2 is 1.73 bits per heavy atom. The second-order valence-electron chi connectivity index (χ2n) is 7.26. The van der Waals surface area contributed by atoms with Gasteiger partial charge in [-0.2, -0.15) is 13.2 Å². The third-order valence-corrected chi connectivity index (χ3v) is 5.00. The van der Waals surface area contributed by atoms with Gasteiger partial charge < -0.3 is 14.7 Å². The van der Waals surface area contributed by atoms with E-state index < -0.39 is 11.7 Å². The van der Waals surface area contributed by atoms with Gasteiger partial charge in [0.2, 0.25) is 5.91 Å². The highest BCUT2D eigenvalue weighted by atomic mass is 19.4. The number of ether oxygens (including phenoxy) is 1. The summed E-state index contributed by atoms with van der Waals surface area (Å²) in [5.41, 5.74) is 0.852.